The second kappa shape index (κ2) is 5.05. The van der Waals surface area contributed by atoms with Crippen molar-refractivity contribution in [2.24, 2.45) is 0 Å². The Morgan fingerprint density at radius 3 is 2.88 bits per heavy atom. The zero-order valence-electron chi connectivity index (χ0n) is 9.03. The smallest absolute Gasteiger partial charge is 0.270 e. The number of carbonyl (C=O) groups is 1. The molecule has 0 spiro atoms. The summed E-state index contributed by atoms with van der Waals surface area (Å²) in [6.45, 7) is 0. The van der Waals surface area contributed by atoms with Gasteiger partial charge in [-0.3, -0.25) is 9.78 Å². The highest BCUT2D eigenvalue weighted by Crippen LogP contribution is 2.21. The lowest BCUT2D eigenvalue weighted by molar-refractivity contribution is 0.0879. The molecule has 0 unspecified atom stereocenters. The largest absolute Gasteiger partial charge is 0.345 e. The lowest BCUT2D eigenvalue weighted by Gasteiger charge is -2.26. The first-order chi connectivity index (χ1) is 7.77. The minimum Gasteiger partial charge on any atom is -0.345 e. The number of hydrogen-bond acceptors (Lipinski definition) is 2. The number of pyridine rings is 1. The van der Waals surface area contributed by atoms with Crippen LogP contribution in [0.4, 0.5) is 4.39 Å². The highest BCUT2D eigenvalue weighted by atomic mass is 19.1. The summed E-state index contributed by atoms with van der Waals surface area (Å²) in [7, 11) is 0. The van der Waals surface area contributed by atoms with Gasteiger partial charge >= 0.3 is 0 Å². The average Bonchev–Trinajstić information content (AvgIpc) is 2.33. The van der Waals surface area contributed by atoms with Crippen LogP contribution in [0.3, 0.4) is 0 Å². The van der Waals surface area contributed by atoms with Crippen molar-refractivity contribution in [3.63, 3.8) is 0 Å². The van der Waals surface area contributed by atoms with Gasteiger partial charge in [0.05, 0.1) is 6.04 Å². The van der Waals surface area contributed by atoms with Crippen LogP contribution < -0.4 is 5.32 Å². The molecule has 86 valence electrons. The number of rotatable bonds is 2. The molecule has 0 bridgehead atoms. The van der Waals surface area contributed by atoms with E-state index in [4.69, 9.17) is 0 Å². The molecular weight excluding hydrogens is 207 g/mol. The fourth-order valence-corrected chi connectivity index (χ4v) is 1.99. The van der Waals surface area contributed by atoms with Crippen molar-refractivity contribution in [1.29, 1.82) is 0 Å². The molecule has 0 radical (unpaired) electrons. The molecular formula is C12H15FN2O. The summed E-state index contributed by atoms with van der Waals surface area (Å²) >= 11 is 0. The van der Waals surface area contributed by atoms with Crippen LogP contribution in [0.25, 0.3) is 0 Å². The number of nitrogens with zero attached hydrogens (tertiary/aromatic N) is 1. The van der Waals surface area contributed by atoms with Gasteiger partial charge in [-0.25, -0.2) is 4.39 Å². The van der Waals surface area contributed by atoms with E-state index in [2.05, 4.69) is 10.3 Å². The van der Waals surface area contributed by atoms with Gasteiger partial charge in [0.1, 0.15) is 11.9 Å². The van der Waals surface area contributed by atoms with Crippen LogP contribution in [0.1, 0.15) is 36.2 Å². The van der Waals surface area contributed by atoms with E-state index < -0.39 is 6.17 Å². The van der Waals surface area contributed by atoms with Crippen molar-refractivity contribution in [2.75, 3.05) is 0 Å². The summed E-state index contributed by atoms with van der Waals surface area (Å²) in [6, 6.07) is 4.78. The Morgan fingerprint density at radius 2 is 2.19 bits per heavy atom. The summed E-state index contributed by atoms with van der Waals surface area (Å²) in [5, 5.41) is 2.71. The summed E-state index contributed by atoms with van der Waals surface area (Å²) < 4.78 is 13.5. The number of carbonyl (C=O) groups excluding carboxylic acids is 1. The number of nitrogens with one attached hydrogen (secondary N) is 1. The van der Waals surface area contributed by atoms with Crippen LogP contribution in [-0.4, -0.2) is 23.1 Å². The van der Waals surface area contributed by atoms with Crippen molar-refractivity contribution < 1.29 is 9.18 Å². The number of amides is 1. The Hall–Kier alpha value is -1.45. The minimum atomic E-state index is -0.915. The molecule has 0 aromatic carbocycles. The molecule has 4 heteroatoms. The predicted molar refractivity (Wildman–Crippen MR) is 58.9 cm³/mol. The van der Waals surface area contributed by atoms with Gasteiger partial charge in [-0.1, -0.05) is 18.9 Å². The van der Waals surface area contributed by atoms with Gasteiger partial charge < -0.3 is 5.32 Å². The second-order valence-corrected chi connectivity index (χ2v) is 4.10. The molecule has 0 aliphatic heterocycles. The first-order valence-corrected chi connectivity index (χ1v) is 5.63. The fraction of sp³-hybridized carbons (Fsp3) is 0.500. The molecule has 1 fully saturated rings. The van der Waals surface area contributed by atoms with Crippen LogP contribution in [0.15, 0.2) is 24.4 Å². The van der Waals surface area contributed by atoms with Crippen molar-refractivity contribution in [2.45, 2.75) is 37.9 Å². The Labute approximate surface area is 94.1 Å². The number of halogens is 1. The first-order valence-electron chi connectivity index (χ1n) is 5.63. The Kier molecular flexibility index (Phi) is 3.49. The van der Waals surface area contributed by atoms with E-state index in [9.17, 15) is 9.18 Å². The van der Waals surface area contributed by atoms with Crippen LogP contribution in [0.2, 0.25) is 0 Å². The lowest BCUT2D eigenvalue weighted by Crippen LogP contribution is -2.43. The van der Waals surface area contributed by atoms with Gasteiger partial charge in [0.25, 0.3) is 5.91 Å². The van der Waals surface area contributed by atoms with Gasteiger partial charge in [-0.15, -0.1) is 0 Å². The number of alkyl halides is 1. The molecule has 1 aliphatic carbocycles. The Bertz CT molecular complexity index is 355. The van der Waals surface area contributed by atoms with Crippen LogP contribution >= 0.6 is 0 Å². The SMILES string of the molecule is O=C(N[C@H]1CCCC[C@@H]1F)c1ccccn1. The minimum absolute atomic E-state index is 0.282. The molecule has 16 heavy (non-hydrogen) atoms. The van der Waals surface area contributed by atoms with Gasteiger partial charge in [-0.2, -0.15) is 0 Å². The van der Waals surface area contributed by atoms with E-state index >= 15 is 0 Å². The molecule has 1 aliphatic rings. The Morgan fingerprint density at radius 1 is 1.38 bits per heavy atom. The molecule has 1 amide bonds. The molecule has 1 aromatic heterocycles. The van der Waals surface area contributed by atoms with Gasteiger partial charge in [0, 0.05) is 6.20 Å². The zero-order chi connectivity index (χ0) is 11.4. The molecule has 1 saturated carbocycles. The third-order valence-corrected chi connectivity index (χ3v) is 2.90. The Balaban J connectivity index is 1.96. The highest BCUT2D eigenvalue weighted by molar-refractivity contribution is 5.92. The van der Waals surface area contributed by atoms with E-state index in [0.29, 0.717) is 12.1 Å². The van der Waals surface area contributed by atoms with Crippen LogP contribution in [-0.2, 0) is 0 Å². The van der Waals surface area contributed by atoms with Crippen molar-refractivity contribution in [3.8, 4) is 0 Å². The van der Waals surface area contributed by atoms with Gasteiger partial charge in [0.2, 0.25) is 0 Å². The molecule has 3 nitrogen and oxygen atoms in total. The normalized spacial score (nSPS) is 25.1. The average molecular weight is 222 g/mol. The monoisotopic (exact) mass is 222 g/mol. The molecule has 1 aromatic rings. The predicted octanol–water partition coefficient (Wildman–Crippen LogP) is 2.09. The van der Waals surface area contributed by atoms with Crippen molar-refractivity contribution in [3.05, 3.63) is 30.1 Å². The standard InChI is InChI=1S/C12H15FN2O/c13-9-5-1-2-6-10(9)15-12(16)11-7-3-4-8-14-11/h3-4,7-10H,1-2,5-6H2,(H,15,16)/t9-,10-/m0/s1. The molecule has 2 rings (SSSR count). The number of aromatic nitrogens is 1. The molecule has 1 N–H and O–H groups in total. The molecule has 1 heterocycles. The van der Waals surface area contributed by atoms with E-state index in [0.717, 1.165) is 19.3 Å². The highest BCUT2D eigenvalue weighted by Gasteiger charge is 2.26. The van der Waals surface area contributed by atoms with E-state index in [-0.39, 0.29) is 11.9 Å². The van der Waals surface area contributed by atoms with Crippen molar-refractivity contribution in [1.82, 2.24) is 10.3 Å². The quantitative estimate of drug-likeness (QED) is 0.832. The maximum absolute atomic E-state index is 13.5. The topological polar surface area (TPSA) is 42.0 Å². The van der Waals surface area contributed by atoms with Crippen LogP contribution in [0.5, 0.6) is 0 Å². The zero-order valence-corrected chi connectivity index (χ0v) is 9.03. The van der Waals surface area contributed by atoms with E-state index in [1.54, 1.807) is 24.4 Å². The number of hydrogen-bond donors (Lipinski definition) is 1. The summed E-state index contributed by atoms with van der Waals surface area (Å²) in [6.07, 6.45) is 3.81. The van der Waals surface area contributed by atoms with Crippen LogP contribution in [0, 0.1) is 0 Å². The summed E-state index contributed by atoms with van der Waals surface area (Å²) in [5.41, 5.74) is 0.347. The maximum Gasteiger partial charge on any atom is 0.270 e. The lowest BCUT2D eigenvalue weighted by atomic mass is 9.93. The van der Waals surface area contributed by atoms with E-state index in [1.165, 1.54) is 0 Å². The fourth-order valence-electron chi connectivity index (χ4n) is 1.99. The third-order valence-electron chi connectivity index (χ3n) is 2.90. The second-order valence-electron chi connectivity index (χ2n) is 4.10. The summed E-state index contributed by atoms with van der Waals surface area (Å²) in [4.78, 5) is 15.7. The summed E-state index contributed by atoms with van der Waals surface area (Å²) in [5.74, 6) is -0.282. The van der Waals surface area contributed by atoms with Crippen molar-refractivity contribution >= 4 is 5.91 Å². The molecule has 2 atom stereocenters. The van der Waals surface area contributed by atoms with E-state index in [1.807, 2.05) is 0 Å². The first kappa shape index (κ1) is 11.0. The maximum atomic E-state index is 13.5. The third kappa shape index (κ3) is 2.56. The van der Waals surface area contributed by atoms with Gasteiger partial charge in [0.15, 0.2) is 0 Å². The van der Waals surface area contributed by atoms with Gasteiger partial charge in [-0.05, 0) is 25.0 Å². The molecule has 0 saturated heterocycles.